The minimum Gasteiger partial charge on any atom is -0.479 e. The molecular weight excluding hydrogens is 332 g/mol. The van der Waals surface area contributed by atoms with Crippen LogP contribution in [0.3, 0.4) is 0 Å². The Hall–Kier alpha value is -2.45. The maximum atomic E-state index is 12.5. The third-order valence-electron chi connectivity index (χ3n) is 3.37. The molecular formula is C15H12N4O2S2. The second kappa shape index (κ2) is 5.64. The van der Waals surface area contributed by atoms with E-state index < -0.39 is 0 Å². The van der Waals surface area contributed by atoms with Gasteiger partial charge in [0.15, 0.2) is 0 Å². The molecule has 1 amide bonds. The maximum Gasteiger partial charge on any atom is 0.260 e. The van der Waals surface area contributed by atoms with Crippen molar-refractivity contribution in [1.29, 1.82) is 0 Å². The van der Waals surface area contributed by atoms with E-state index >= 15 is 0 Å². The lowest BCUT2D eigenvalue weighted by atomic mass is 10.3. The first kappa shape index (κ1) is 14.2. The fraction of sp³-hybridized carbons (Fsp3) is 0.133. The Morgan fingerprint density at radius 3 is 3.09 bits per heavy atom. The first-order valence-electron chi connectivity index (χ1n) is 6.88. The molecule has 1 N–H and O–H groups in total. The van der Waals surface area contributed by atoms with E-state index in [0.717, 1.165) is 20.1 Å². The Balaban J connectivity index is 1.58. The molecule has 4 rings (SSSR count). The van der Waals surface area contributed by atoms with Gasteiger partial charge in [0.1, 0.15) is 15.4 Å². The predicted molar refractivity (Wildman–Crippen MR) is 90.4 cm³/mol. The van der Waals surface area contributed by atoms with Crippen molar-refractivity contribution in [2.75, 3.05) is 7.11 Å². The van der Waals surface area contributed by atoms with Crippen LogP contribution in [-0.4, -0.2) is 27.6 Å². The zero-order valence-corrected chi connectivity index (χ0v) is 13.8. The molecule has 4 aromatic rings. The van der Waals surface area contributed by atoms with Crippen molar-refractivity contribution in [3.05, 3.63) is 46.4 Å². The highest BCUT2D eigenvalue weighted by Crippen LogP contribution is 2.26. The van der Waals surface area contributed by atoms with E-state index in [-0.39, 0.29) is 5.91 Å². The van der Waals surface area contributed by atoms with Gasteiger partial charge in [-0.25, -0.2) is 9.50 Å². The minimum absolute atomic E-state index is 0.210. The molecule has 0 aliphatic heterocycles. The molecule has 0 saturated heterocycles. The molecule has 3 heterocycles. The first-order chi connectivity index (χ1) is 11.3. The van der Waals surface area contributed by atoms with E-state index in [2.05, 4.69) is 15.4 Å². The molecule has 0 radical (unpaired) electrons. The number of carbonyl (C=O) groups is 1. The van der Waals surface area contributed by atoms with Gasteiger partial charge in [-0.05, 0) is 12.1 Å². The van der Waals surface area contributed by atoms with Gasteiger partial charge in [-0.15, -0.1) is 27.8 Å². The van der Waals surface area contributed by atoms with Gasteiger partial charge in [-0.2, -0.15) is 0 Å². The lowest BCUT2D eigenvalue weighted by Crippen LogP contribution is -2.22. The number of hydrogen-bond acceptors (Lipinski definition) is 6. The highest BCUT2D eigenvalue weighted by molar-refractivity contribution is 7.18. The number of fused-ring (bicyclic) bond motifs is 2. The molecule has 0 saturated carbocycles. The van der Waals surface area contributed by atoms with Crippen LogP contribution in [0.25, 0.3) is 15.0 Å². The summed E-state index contributed by atoms with van der Waals surface area (Å²) in [5.74, 6) is 0.122. The molecule has 0 aliphatic carbocycles. The zero-order chi connectivity index (χ0) is 15.8. The number of carbonyl (C=O) groups excluding carboxylic acids is 1. The first-order valence-corrected chi connectivity index (χ1v) is 8.58. The van der Waals surface area contributed by atoms with Crippen LogP contribution in [0.4, 0.5) is 0 Å². The molecule has 6 nitrogen and oxygen atoms in total. The average molecular weight is 344 g/mol. The highest BCUT2D eigenvalue weighted by Gasteiger charge is 2.21. The quantitative estimate of drug-likeness (QED) is 0.618. The zero-order valence-electron chi connectivity index (χ0n) is 12.1. The fourth-order valence-corrected chi connectivity index (χ4v) is 4.06. The average Bonchev–Trinajstić information content (AvgIpc) is 3.24. The number of rotatable bonds is 4. The summed E-state index contributed by atoms with van der Waals surface area (Å²) >= 11 is 3.03. The molecule has 0 atom stereocenters. The fourth-order valence-electron chi connectivity index (χ4n) is 2.34. The number of aromatic nitrogens is 3. The number of ether oxygens (including phenoxy) is 1. The number of amides is 1. The third-order valence-corrected chi connectivity index (χ3v) is 5.28. The van der Waals surface area contributed by atoms with Gasteiger partial charge in [0.25, 0.3) is 5.91 Å². The summed E-state index contributed by atoms with van der Waals surface area (Å²) < 4.78 is 7.97. The molecule has 23 heavy (non-hydrogen) atoms. The van der Waals surface area contributed by atoms with Gasteiger partial charge in [0.05, 0.1) is 23.9 Å². The molecule has 0 bridgehead atoms. The molecule has 0 fully saturated rings. The normalized spacial score (nSPS) is 11.2. The number of methoxy groups -OCH3 is 1. The summed E-state index contributed by atoms with van der Waals surface area (Å²) in [4.78, 5) is 17.8. The Bertz CT molecular complexity index is 968. The Kier molecular flexibility index (Phi) is 3.47. The number of nitrogens with one attached hydrogen (secondary N) is 1. The van der Waals surface area contributed by atoms with Crippen LogP contribution >= 0.6 is 22.7 Å². The Morgan fingerprint density at radius 2 is 2.26 bits per heavy atom. The SMILES string of the molecule is COc1nn2ccsc2c1C(=O)NCc1nc2ccccc2s1. The standard InChI is InChI=1S/C15H12N4O2S2/c1-21-14-12(15-19(18-14)6-7-22-15)13(20)16-8-11-17-9-4-2-3-5-10(9)23-11/h2-7H,8H2,1H3,(H,16,20). The van der Waals surface area contributed by atoms with E-state index in [9.17, 15) is 4.79 Å². The third kappa shape index (κ3) is 2.45. The maximum absolute atomic E-state index is 12.5. The molecule has 3 aromatic heterocycles. The second-order valence-electron chi connectivity index (χ2n) is 4.80. The van der Waals surface area contributed by atoms with Crippen molar-refractivity contribution in [2.24, 2.45) is 0 Å². The Labute approximate surface area is 139 Å². The summed E-state index contributed by atoms with van der Waals surface area (Å²) in [6.45, 7) is 0.379. The van der Waals surface area contributed by atoms with Crippen LogP contribution in [0.1, 0.15) is 15.4 Å². The molecule has 0 unspecified atom stereocenters. The Morgan fingerprint density at radius 1 is 1.39 bits per heavy atom. The lowest BCUT2D eigenvalue weighted by molar-refractivity contribution is 0.0949. The van der Waals surface area contributed by atoms with Gasteiger partial charge in [0, 0.05) is 11.6 Å². The number of para-hydroxylation sites is 1. The number of nitrogens with zero attached hydrogens (tertiary/aromatic N) is 3. The predicted octanol–water partition coefficient (Wildman–Crippen LogP) is 2.94. The van der Waals surface area contributed by atoms with E-state index in [4.69, 9.17) is 4.74 Å². The molecule has 1 aromatic carbocycles. The number of hydrogen-bond donors (Lipinski definition) is 1. The lowest BCUT2D eigenvalue weighted by Gasteiger charge is -2.02. The van der Waals surface area contributed by atoms with Crippen LogP contribution in [0.15, 0.2) is 35.8 Å². The topological polar surface area (TPSA) is 68.5 Å². The van der Waals surface area contributed by atoms with Crippen LogP contribution in [0, 0.1) is 0 Å². The molecule has 0 aliphatic rings. The van der Waals surface area contributed by atoms with E-state index in [0.29, 0.717) is 18.0 Å². The molecule has 0 spiro atoms. The summed E-state index contributed by atoms with van der Waals surface area (Å²) in [7, 11) is 1.51. The van der Waals surface area contributed by atoms with E-state index in [1.165, 1.54) is 18.4 Å². The van der Waals surface area contributed by atoms with E-state index in [1.54, 1.807) is 22.0 Å². The van der Waals surface area contributed by atoms with Gasteiger partial charge in [-0.3, -0.25) is 4.79 Å². The monoisotopic (exact) mass is 344 g/mol. The van der Waals surface area contributed by atoms with Gasteiger partial charge in [-0.1, -0.05) is 12.1 Å². The van der Waals surface area contributed by atoms with Crippen molar-refractivity contribution >= 4 is 43.6 Å². The largest absolute Gasteiger partial charge is 0.479 e. The van der Waals surface area contributed by atoms with Crippen molar-refractivity contribution < 1.29 is 9.53 Å². The molecule has 116 valence electrons. The summed E-state index contributed by atoms with van der Waals surface area (Å²) in [5.41, 5.74) is 1.41. The van der Waals surface area contributed by atoms with Gasteiger partial charge < -0.3 is 10.1 Å². The van der Waals surface area contributed by atoms with Crippen LogP contribution in [0.2, 0.25) is 0 Å². The summed E-state index contributed by atoms with van der Waals surface area (Å²) in [5, 5.41) is 9.88. The highest BCUT2D eigenvalue weighted by atomic mass is 32.1. The molecule has 8 heteroatoms. The van der Waals surface area contributed by atoms with Crippen molar-refractivity contribution in [2.45, 2.75) is 6.54 Å². The number of benzene rings is 1. The van der Waals surface area contributed by atoms with Crippen LogP contribution in [0.5, 0.6) is 5.88 Å². The van der Waals surface area contributed by atoms with Gasteiger partial charge >= 0.3 is 0 Å². The van der Waals surface area contributed by atoms with Crippen molar-refractivity contribution in [3.63, 3.8) is 0 Å². The van der Waals surface area contributed by atoms with Crippen molar-refractivity contribution in [3.8, 4) is 5.88 Å². The minimum atomic E-state index is -0.210. The van der Waals surface area contributed by atoms with E-state index in [1.807, 2.05) is 29.6 Å². The second-order valence-corrected chi connectivity index (χ2v) is 6.80. The summed E-state index contributed by atoms with van der Waals surface area (Å²) in [6.07, 6.45) is 1.80. The smallest absolute Gasteiger partial charge is 0.260 e. The van der Waals surface area contributed by atoms with Crippen LogP contribution < -0.4 is 10.1 Å². The summed E-state index contributed by atoms with van der Waals surface area (Å²) in [6, 6.07) is 7.92. The van der Waals surface area contributed by atoms with Crippen molar-refractivity contribution in [1.82, 2.24) is 19.9 Å². The van der Waals surface area contributed by atoms with Gasteiger partial charge in [0.2, 0.25) is 5.88 Å². The number of thiazole rings is 2. The van der Waals surface area contributed by atoms with Crippen LogP contribution in [-0.2, 0) is 6.54 Å².